The molecule has 0 unspecified atom stereocenters. The first-order valence-corrected chi connectivity index (χ1v) is 12.5. The van der Waals surface area contributed by atoms with E-state index in [1.165, 1.54) is 0 Å². The van der Waals surface area contributed by atoms with E-state index in [0.29, 0.717) is 18.8 Å². The van der Waals surface area contributed by atoms with Crippen molar-refractivity contribution in [3.05, 3.63) is 90.4 Å². The van der Waals surface area contributed by atoms with Gasteiger partial charge in [0.1, 0.15) is 11.2 Å². The van der Waals surface area contributed by atoms with Crippen LogP contribution in [0.3, 0.4) is 0 Å². The number of hydrogen-bond donors (Lipinski definition) is 1. The van der Waals surface area contributed by atoms with E-state index in [4.69, 9.17) is 0 Å². The second-order valence-corrected chi connectivity index (χ2v) is 10.00. The number of hydrogen-bond acceptors (Lipinski definition) is 2. The second-order valence-electron chi connectivity index (χ2n) is 10.00. The molecule has 2 aliphatic rings. The maximum atomic E-state index is 14.4. The number of para-hydroxylation sites is 1. The molecule has 178 valence electrons. The summed E-state index contributed by atoms with van der Waals surface area (Å²) in [5, 5.41) is 4.29. The van der Waals surface area contributed by atoms with Crippen LogP contribution in [0.1, 0.15) is 48.7 Å². The Morgan fingerprint density at radius 3 is 2.40 bits per heavy atom. The van der Waals surface area contributed by atoms with Crippen LogP contribution in [0.2, 0.25) is 0 Å². The number of benzene rings is 2. The molecule has 0 bridgehead atoms. The van der Waals surface area contributed by atoms with Crippen LogP contribution in [0, 0.1) is 0 Å². The number of fused-ring (bicyclic) bond motifs is 3. The highest BCUT2D eigenvalue weighted by Gasteiger charge is 2.49. The third-order valence-electron chi connectivity index (χ3n) is 7.68. The minimum atomic E-state index is -1.02. The van der Waals surface area contributed by atoms with Gasteiger partial charge in [0.15, 0.2) is 0 Å². The van der Waals surface area contributed by atoms with Crippen LogP contribution in [-0.2, 0) is 17.9 Å². The van der Waals surface area contributed by atoms with Gasteiger partial charge in [-0.15, -0.1) is 0 Å². The molecule has 2 aromatic heterocycles. The summed E-state index contributed by atoms with van der Waals surface area (Å²) in [5.74, 6) is -0.191. The van der Waals surface area contributed by atoms with E-state index in [0.717, 1.165) is 47.8 Å². The van der Waals surface area contributed by atoms with Crippen LogP contribution < -0.4 is 5.32 Å². The van der Waals surface area contributed by atoms with Gasteiger partial charge in [0.25, 0.3) is 5.91 Å². The van der Waals surface area contributed by atoms with E-state index in [1.54, 1.807) is 4.90 Å². The molecule has 0 radical (unpaired) electrons. The van der Waals surface area contributed by atoms with Gasteiger partial charge in [0.05, 0.1) is 17.7 Å². The summed E-state index contributed by atoms with van der Waals surface area (Å²) in [6, 6.07) is 22.2. The Morgan fingerprint density at radius 1 is 0.971 bits per heavy atom. The number of nitrogens with zero attached hydrogens (tertiary/aromatic N) is 3. The summed E-state index contributed by atoms with van der Waals surface area (Å²) in [6.45, 7) is 2.70. The Kier molecular flexibility index (Phi) is 5.24. The fourth-order valence-electron chi connectivity index (χ4n) is 5.77. The molecule has 6 rings (SSSR count). The van der Waals surface area contributed by atoms with Crippen molar-refractivity contribution >= 4 is 22.7 Å². The number of carbonyl (C=O) groups excluding carboxylic acids is 2. The molecule has 1 aliphatic carbocycles. The summed E-state index contributed by atoms with van der Waals surface area (Å²) in [4.78, 5) is 30.0. The number of amides is 2. The first kappa shape index (κ1) is 21.7. The van der Waals surface area contributed by atoms with Crippen LogP contribution in [-0.4, -0.2) is 37.4 Å². The van der Waals surface area contributed by atoms with Crippen molar-refractivity contribution in [2.75, 3.05) is 0 Å². The van der Waals surface area contributed by atoms with Gasteiger partial charge in [0, 0.05) is 30.4 Å². The van der Waals surface area contributed by atoms with Gasteiger partial charge in [-0.1, -0.05) is 61.4 Å². The SMILES string of the molecule is C[C@@]1(C(=O)NC2CCCC2)Cn2c(c(-n3cccc3)c3ccccc32)C(=O)N1Cc1ccccc1. The number of rotatable bonds is 5. The van der Waals surface area contributed by atoms with Gasteiger partial charge < -0.3 is 19.4 Å². The molecule has 3 heterocycles. The largest absolute Gasteiger partial charge is 0.351 e. The Bertz CT molecular complexity index is 1380. The molecule has 2 aromatic carbocycles. The number of nitrogens with one attached hydrogen (secondary N) is 1. The molecule has 0 saturated heterocycles. The second kappa shape index (κ2) is 8.45. The van der Waals surface area contributed by atoms with E-state index in [9.17, 15) is 9.59 Å². The standard InChI is InChI=1S/C29H30N4O2/c1-29(28(35)30-22-13-5-6-14-22)20-32-24-16-8-7-15-23(24)25(31-17-9-10-18-31)26(32)27(34)33(29)19-21-11-3-2-4-12-21/h2-4,7-12,15-18,22H,5-6,13-14,19-20H2,1H3,(H,30,35)/t29-/m0/s1. The average Bonchev–Trinajstić information content (AvgIpc) is 3.63. The normalized spacial score (nSPS) is 20.4. The predicted molar refractivity (Wildman–Crippen MR) is 136 cm³/mol. The third kappa shape index (κ3) is 3.55. The van der Waals surface area contributed by atoms with Crippen LogP contribution in [0.4, 0.5) is 0 Å². The van der Waals surface area contributed by atoms with Crippen molar-refractivity contribution in [1.29, 1.82) is 0 Å². The Morgan fingerprint density at radius 2 is 1.66 bits per heavy atom. The lowest BCUT2D eigenvalue weighted by Gasteiger charge is -2.44. The predicted octanol–water partition coefficient (Wildman–Crippen LogP) is 4.91. The number of aromatic nitrogens is 2. The fraction of sp³-hybridized carbons (Fsp3) is 0.310. The lowest BCUT2D eigenvalue weighted by molar-refractivity contribution is -0.133. The lowest BCUT2D eigenvalue weighted by atomic mass is 9.93. The number of carbonyl (C=O) groups is 2. The van der Waals surface area contributed by atoms with Crippen LogP contribution in [0.5, 0.6) is 0 Å². The molecule has 35 heavy (non-hydrogen) atoms. The highest BCUT2D eigenvalue weighted by Crippen LogP contribution is 2.38. The van der Waals surface area contributed by atoms with Gasteiger partial charge >= 0.3 is 0 Å². The van der Waals surface area contributed by atoms with E-state index >= 15 is 0 Å². The van der Waals surface area contributed by atoms with Crippen molar-refractivity contribution in [2.24, 2.45) is 0 Å². The quantitative estimate of drug-likeness (QED) is 0.455. The van der Waals surface area contributed by atoms with E-state index in [1.807, 2.05) is 84.5 Å². The van der Waals surface area contributed by atoms with Crippen LogP contribution in [0.15, 0.2) is 79.1 Å². The van der Waals surface area contributed by atoms with Crippen molar-refractivity contribution in [2.45, 2.75) is 57.3 Å². The Hall–Kier alpha value is -3.80. The van der Waals surface area contributed by atoms with Crippen LogP contribution in [0.25, 0.3) is 16.6 Å². The van der Waals surface area contributed by atoms with E-state index < -0.39 is 5.54 Å². The zero-order chi connectivity index (χ0) is 24.0. The first-order valence-electron chi connectivity index (χ1n) is 12.5. The summed E-state index contributed by atoms with van der Waals surface area (Å²) in [6.07, 6.45) is 8.23. The molecule has 0 spiro atoms. The Balaban J connectivity index is 1.51. The molecule has 1 atom stereocenters. The molecule has 6 nitrogen and oxygen atoms in total. The van der Waals surface area contributed by atoms with Crippen molar-refractivity contribution < 1.29 is 9.59 Å². The fourth-order valence-corrected chi connectivity index (χ4v) is 5.77. The topological polar surface area (TPSA) is 59.3 Å². The molecule has 1 saturated carbocycles. The van der Waals surface area contributed by atoms with Crippen molar-refractivity contribution in [3.63, 3.8) is 0 Å². The summed E-state index contributed by atoms with van der Waals surface area (Å²) < 4.78 is 4.07. The monoisotopic (exact) mass is 466 g/mol. The smallest absolute Gasteiger partial charge is 0.273 e. The zero-order valence-corrected chi connectivity index (χ0v) is 20.0. The minimum Gasteiger partial charge on any atom is -0.351 e. The van der Waals surface area contributed by atoms with Gasteiger partial charge in [-0.2, -0.15) is 0 Å². The lowest BCUT2D eigenvalue weighted by Crippen LogP contribution is -2.64. The maximum absolute atomic E-state index is 14.4. The van der Waals surface area contributed by atoms with Gasteiger partial charge in [-0.05, 0) is 43.5 Å². The highest BCUT2D eigenvalue weighted by molar-refractivity contribution is 6.08. The average molecular weight is 467 g/mol. The Labute approximate surface area is 205 Å². The maximum Gasteiger partial charge on any atom is 0.273 e. The molecule has 2 amide bonds. The van der Waals surface area contributed by atoms with E-state index in [2.05, 4.69) is 16.0 Å². The molecular weight excluding hydrogens is 436 g/mol. The highest BCUT2D eigenvalue weighted by atomic mass is 16.2. The van der Waals surface area contributed by atoms with Crippen molar-refractivity contribution in [3.8, 4) is 5.69 Å². The van der Waals surface area contributed by atoms with Gasteiger partial charge in [-0.25, -0.2) is 0 Å². The molecule has 6 heteroatoms. The van der Waals surface area contributed by atoms with Crippen LogP contribution >= 0.6 is 0 Å². The van der Waals surface area contributed by atoms with Gasteiger partial charge in [0.2, 0.25) is 5.91 Å². The molecule has 1 fully saturated rings. The zero-order valence-electron chi connectivity index (χ0n) is 20.0. The first-order chi connectivity index (χ1) is 17.1. The summed E-state index contributed by atoms with van der Waals surface area (Å²) >= 11 is 0. The molecule has 1 N–H and O–H groups in total. The van der Waals surface area contributed by atoms with Gasteiger partial charge in [-0.3, -0.25) is 9.59 Å². The van der Waals surface area contributed by atoms with Crippen molar-refractivity contribution in [1.82, 2.24) is 19.4 Å². The summed E-state index contributed by atoms with van der Waals surface area (Å²) in [5.41, 5.74) is 2.46. The third-order valence-corrected chi connectivity index (χ3v) is 7.68. The molecule has 1 aliphatic heterocycles. The van der Waals surface area contributed by atoms with E-state index in [-0.39, 0.29) is 17.9 Å². The molecule has 4 aromatic rings. The minimum absolute atomic E-state index is 0.0698. The summed E-state index contributed by atoms with van der Waals surface area (Å²) in [7, 11) is 0. The molecular formula is C29H30N4O2.